The maximum Gasteiger partial charge on any atom is 0.266 e. The molecule has 0 saturated heterocycles. The zero-order valence-electron chi connectivity index (χ0n) is 14.1. The van der Waals surface area contributed by atoms with Gasteiger partial charge in [0.05, 0.1) is 18.3 Å². The lowest BCUT2D eigenvalue weighted by Crippen LogP contribution is -2.25. The third kappa shape index (κ3) is 4.00. The average Bonchev–Trinajstić information content (AvgIpc) is 2.56. The first kappa shape index (κ1) is 17.0. The van der Waals surface area contributed by atoms with Gasteiger partial charge in [0.2, 0.25) is 0 Å². The quantitative estimate of drug-likeness (QED) is 0.793. The first-order valence-electron chi connectivity index (χ1n) is 8.03. The van der Waals surface area contributed by atoms with Crippen molar-refractivity contribution in [3.05, 3.63) is 87.5 Å². The summed E-state index contributed by atoms with van der Waals surface area (Å²) in [6.07, 6.45) is -0.840. The molecule has 0 aliphatic heterocycles. The highest BCUT2D eigenvalue weighted by atomic mass is 19.1. The lowest BCUT2D eigenvalue weighted by Gasteiger charge is -2.14. The molecule has 4 nitrogen and oxygen atoms in total. The number of hydrogen-bond acceptors (Lipinski definition) is 3. The summed E-state index contributed by atoms with van der Waals surface area (Å²) in [5, 5.41) is 14.8. The first-order valence-corrected chi connectivity index (χ1v) is 8.03. The number of halogens is 1. The molecule has 2 aromatic carbocycles. The van der Waals surface area contributed by atoms with Crippen LogP contribution in [0.3, 0.4) is 0 Å². The van der Waals surface area contributed by atoms with E-state index in [2.05, 4.69) is 5.10 Å². The number of nitrogens with zero attached hydrogens (tertiary/aromatic N) is 2. The van der Waals surface area contributed by atoms with Crippen LogP contribution in [0.2, 0.25) is 0 Å². The fourth-order valence-electron chi connectivity index (χ4n) is 2.83. The summed E-state index contributed by atoms with van der Waals surface area (Å²) in [5.41, 5.74) is 3.81. The summed E-state index contributed by atoms with van der Waals surface area (Å²) in [6.45, 7) is 3.97. The highest BCUT2D eigenvalue weighted by Crippen LogP contribution is 2.19. The van der Waals surface area contributed by atoms with Crippen LogP contribution < -0.4 is 5.56 Å². The van der Waals surface area contributed by atoms with Crippen LogP contribution in [-0.4, -0.2) is 14.9 Å². The minimum atomic E-state index is -0.840. The van der Waals surface area contributed by atoms with Crippen molar-refractivity contribution in [1.29, 1.82) is 0 Å². The van der Waals surface area contributed by atoms with Gasteiger partial charge in [-0.25, -0.2) is 9.07 Å². The van der Waals surface area contributed by atoms with Gasteiger partial charge < -0.3 is 5.11 Å². The number of aromatic nitrogens is 2. The Labute approximate surface area is 145 Å². The van der Waals surface area contributed by atoms with E-state index in [1.807, 2.05) is 32.0 Å². The molecule has 0 amide bonds. The summed E-state index contributed by atoms with van der Waals surface area (Å²) in [4.78, 5) is 12.1. The lowest BCUT2D eigenvalue weighted by atomic mass is 10.0. The SMILES string of the molecule is Cc1cc(C)cc(C(O)Cn2nc(-c3ccc(F)cc3)ccc2=O)c1. The van der Waals surface area contributed by atoms with Gasteiger partial charge in [0, 0.05) is 11.6 Å². The predicted octanol–water partition coefficient (Wildman–Crippen LogP) is 3.40. The van der Waals surface area contributed by atoms with E-state index in [0.717, 1.165) is 16.7 Å². The van der Waals surface area contributed by atoms with Crippen LogP contribution in [-0.2, 0) is 6.54 Å². The van der Waals surface area contributed by atoms with E-state index < -0.39 is 6.10 Å². The molecule has 1 N–H and O–H groups in total. The summed E-state index contributed by atoms with van der Waals surface area (Å²) in [6, 6.07) is 14.7. The van der Waals surface area contributed by atoms with Crippen molar-refractivity contribution in [2.75, 3.05) is 0 Å². The van der Waals surface area contributed by atoms with Crippen LogP contribution in [0.25, 0.3) is 11.3 Å². The summed E-state index contributed by atoms with van der Waals surface area (Å²) >= 11 is 0. The normalized spacial score (nSPS) is 12.2. The third-order valence-electron chi connectivity index (χ3n) is 3.98. The number of rotatable bonds is 4. The Kier molecular flexibility index (Phi) is 4.76. The van der Waals surface area contributed by atoms with E-state index in [-0.39, 0.29) is 17.9 Å². The van der Waals surface area contributed by atoms with E-state index in [0.29, 0.717) is 11.3 Å². The van der Waals surface area contributed by atoms with E-state index >= 15 is 0 Å². The minimum absolute atomic E-state index is 0.0523. The number of aliphatic hydroxyl groups excluding tert-OH is 1. The second-order valence-electron chi connectivity index (χ2n) is 6.18. The van der Waals surface area contributed by atoms with Gasteiger partial charge in [-0.2, -0.15) is 5.10 Å². The van der Waals surface area contributed by atoms with Gasteiger partial charge in [-0.05, 0) is 49.7 Å². The van der Waals surface area contributed by atoms with E-state index in [9.17, 15) is 14.3 Å². The van der Waals surface area contributed by atoms with Gasteiger partial charge in [-0.3, -0.25) is 4.79 Å². The molecule has 25 heavy (non-hydrogen) atoms. The zero-order valence-corrected chi connectivity index (χ0v) is 14.1. The van der Waals surface area contributed by atoms with Gasteiger partial charge in [0.25, 0.3) is 5.56 Å². The Morgan fingerprint density at radius 1 is 1.04 bits per heavy atom. The lowest BCUT2D eigenvalue weighted by molar-refractivity contribution is 0.149. The monoisotopic (exact) mass is 338 g/mol. The fourth-order valence-corrected chi connectivity index (χ4v) is 2.83. The van der Waals surface area contributed by atoms with Crippen LogP contribution >= 0.6 is 0 Å². The summed E-state index contributed by atoms with van der Waals surface area (Å²) in [5.74, 6) is -0.331. The second-order valence-corrected chi connectivity index (χ2v) is 6.18. The highest BCUT2D eigenvalue weighted by Gasteiger charge is 2.12. The van der Waals surface area contributed by atoms with Crippen molar-refractivity contribution in [1.82, 2.24) is 9.78 Å². The summed E-state index contributed by atoms with van der Waals surface area (Å²) in [7, 11) is 0. The predicted molar refractivity (Wildman–Crippen MR) is 94.8 cm³/mol. The molecule has 0 aliphatic carbocycles. The first-order chi connectivity index (χ1) is 11.9. The van der Waals surface area contributed by atoms with Crippen molar-refractivity contribution >= 4 is 0 Å². The van der Waals surface area contributed by atoms with Crippen LogP contribution in [0.5, 0.6) is 0 Å². The number of aliphatic hydroxyl groups is 1. The molecule has 3 rings (SSSR count). The molecular weight excluding hydrogens is 319 g/mol. The topological polar surface area (TPSA) is 55.1 Å². The molecule has 0 bridgehead atoms. The maximum absolute atomic E-state index is 13.1. The Balaban J connectivity index is 1.90. The number of hydrogen-bond donors (Lipinski definition) is 1. The van der Waals surface area contributed by atoms with E-state index in [1.54, 1.807) is 18.2 Å². The van der Waals surface area contributed by atoms with Crippen molar-refractivity contribution in [2.24, 2.45) is 0 Å². The van der Waals surface area contributed by atoms with Crippen LogP contribution in [0.15, 0.2) is 59.4 Å². The van der Waals surface area contributed by atoms with Gasteiger partial charge in [-0.15, -0.1) is 0 Å². The van der Waals surface area contributed by atoms with E-state index in [4.69, 9.17) is 0 Å². The molecule has 0 fully saturated rings. The van der Waals surface area contributed by atoms with Gasteiger partial charge in [-0.1, -0.05) is 29.3 Å². The molecule has 5 heteroatoms. The van der Waals surface area contributed by atoms with Crippen molar-refractivity contribution < 1.29 is 9.50 Å². The molecule has 0 spiro atoms. The zero-order chi connectivity index (χ0) is 18.0. The second kappa shape index (κ2) is 6.99. The summed E-state index contributed by atoms with van der Waals surface area (Å²) < 4.78 is 14.3. The highest BCUT2D eigenvalue weighted by molar-refractivity contribution is 5.57. The Morgan fingerprint density at radius 3 is 2.32 bits per heavy atom. The number of benzene rings is 2. The molecule has 1 aromatic heterocycles. The van der Waals surface area contributed by atoms with E-state index in [1.165, 1.54) is 22.9 Å². The van der Waals surface area contributed by atoms with Crippen molar-refractivity contribution in [3.8, 4) is 11.3 Å². The molecule has 1 atom stereocenters. The largest absolute Gasteiger partial charge is 0.386 e. The van der Waals surface area contributed by atoms with Gasteiger partial charge in [0.1, 0.15) is 5.82 Å². The Bertz CT molecular complexity index is 928. The molecule has 3 aromatic rings. The Hall–Kier alpha value is -2.79. The molecule has 0 aliphatic rings. The minimum Gasteiger partial charge on any atom is -0.386 e. The molecule has 1 heterocycles. The van der Waals surface area contributed by atoms with Crippen LogP contribution in [0, 0.1) is 19.7 Å². The standard InChI is InChI=1S/C20H19FN2O2/c1-13-9-14(2)11-16(10-13)19(24)12-23-20(25)8-7-18(22-23)15-3-5-17(21)6-4-15/h3-11,19,24H,12H2,1-2H3. The van der Waals surface area contributed by atoms with Crippen molar-refractivity contribution in [3.63, 3.8) is 0 Å². The van der Waals surface area contributed by atoms with Gasteiger partial charge >= 0.3 is 0 Å². The van der Waals surface area contributed by atoms with Crippen molar-refractivity contribution in [2.45, 2.75) is 26.5 Å². The van der Waals surface area contributed by atoms with Gasteiger partial charge in [0.15, 0.2) is 0 Å². The molecule has 0 saturated carbocycles. The molecule has 0 radical (unpaired) electrons. The molecule has 128 valence electrons. The van der Waals surface area contributed by atoms with Crippen LogP contribution in [0.4, 0.5) is 4.39 Å². The number of aryl methyl sites for hydroxylation is 2. The average molecular weight is 338 g/mol. The fraction of sp³-hybridized carbons (Fsp3) is 0.200. The maximum atomic E-state index is 13.1. The molecular formula is C20H19FN2O2. The molecule has 1 unspecified atom stereocenters. The smallest absolute Gasteiger partial charge is 0.266 e. The third-order valence-corrected chi connectivity index (χ3v) is 3.98. The van der Waals surface area contributed by atoms with Crippen LogP contribution in [0.1, 0.15) is 22.8 Å². The Morgan fingerprint density at radius 2 is 1.68 bits per heavy atom.